The summed E-state index contributed by atoms with van der Waals surface area (Å²) in [5.41, 5.74) is 1.85. The lowest BCUT2D eigenvalue weighted by Crippen LogP contribution is -2.42. The van der Waals surface area contributed by atoms with Gasteiger partial charge in [-0.3, -0.25) is 4.68 Å². The van der Waals surface area contributed by atoms with Crippen LogP contribution in [0.25, 0.3) is 0 Å². The predicted octanol–water partition coefficient (Wildman–Crippen LogP) is 1.77. The van der Waals surface area contributed by atoms with Crippen LogP contribution in [0, 0.1) is 0 Å². The first kappa shape index (κ1) is 18.1. The van der Waals surface area contributed by atoms with Gasteiger partial charge in [-0.05, 0) is 31.9 Å². The fourth-order valence-electron chi connectivity index (χ4n) is 3.46. The maximum absolute atomic E-state index is 12.9. The summed E-state index contributed by atoms with van der Waals surface area (Å²) in [5, 5.41) is 4.25. The first-order chi connectivity index (χ1) is 13.0. The number of aryl methyl sites for hydroxylation is 1. The average Bonchev–Trinajstić information content (AvgIpc) is 3.29. The van der Waals surface area contributed by atoms with Gasteiger partial charge in [0.25, 0.3) is 0 Å². The Hall–Kier alpha value is -2.23. The molecule has 0 bridgehead atoms. The Kier molecular flexibility index (Phi) is 4.75. The normalized spacial score (nSPS) is 22.5. The van der Waals surface area contributed by atoms with Crippen molar-refractivity contribution < 1.29 is 22.7 Å². The first-order valence-corrected chi connectivity index (χ1v) is 10.4. The summed E-state index contributed by atoms with van der Waals surface area (Å²) in [6.45, 7) is 3.47. The summed E-state index contributed by atoms with van der Waals surface area (Å²) in [6.07, 6.45) is 4.62. The average molecular weight is 391 g/mol. The SMILES string of the molecule is CCn1cc([C@H]2OCCC[C@@H]2NS(=O)(=O)c2ccc3c(c2)C(=O)OC3)cn1. The zero-order valence-corrected chi connectivity index (χ0v) is 15.7. The smallest absolute Gasteiger partial charge is 0.338 e. The Labute approximate surface area is 157 Å². The van der Waals surface area contributed by atoms with Gasteiger partial charge in [-0.25, -0.2) is 17.9 Å². The monoisotopic (exact) mass is 391 g/mol. The van der Waals surface area contributed by atoms with Crippen LogP contribution >= 0.6 is 0 Å². The zero-order valence-electron chi connectivity index (χ0n) is 14.9. The van der Waals surface area contributed by atoms with Crippen molar-refractivity contribution in [3.05, 3.63) is 47.3 Å². The largest absolute Gasteiger partial charge is 0.457 e. The predicted molar refractivity (Wildman–Crippen MR) is 95.5 cm³/mol. The van der Waals surface area contributed by atoms with Crippen LogP contribution in [-0.4, -0.2) is 36.8 Å². The lowest BCUT2D eigenvalue weighted by atomic mass is 9.99. The van der Waals surface area contributed by atoms with E-state index in [0.29, 0.717) is 24.2 Å². The molecule has 2 aliphatic heterocycles. The van der Waals surface area contributed by atoms with Crippen LogP contribution in [0.5, 0.6) is 0 Å². The summed E-state index contributed by atoms with van der Waals surface area (Å²) in [7, 11) is -3.81. The van der Waals surface area contributed by atoms with E-state index in [1.807, 2.05) is 13.1 Å². The second-order valence-corrected chi connectivity index (χ2v) is 8.40. The quantitative estimate of drug-likeness (QED) is 0.780. The maximum Gasteiger partial charge on any atom is 0.338 e. The van der Waals surface area contributed by atoms with Gasteiger partial charge in [-0.2, -0.15) is 5.10 Å². The molecule has 0 radical (unpaired) electrons. The van der Waals surface area contributed by atoms with E-state index in [1.165, 1.54) is 12.1 Å². The third-order valence-corrected chi connectivity index (χ3v) is 6.39. The number of nitrogens with zero attached hydrogens (tertiary/aromatic N) is 2. The van der Waals surface area contributed by atoms with Crippen molar-refractivity contribution >= 4 is 16.0 Å². The van der Waals surface area contributed by atoms with Crippen molar-refractivity contribution in [1.82, 2.24) is 14.5 Å². The standard InChI is InChI=1S/C18H21N3O5S/c1-2-21-10-13(9-19-21)17-16(4-3-7-25-17)20-27(23,24)14-6-5-12-11-26-18(22)15(12)8-14/h5-6,8-10,16-17,20H,2-4,7,11H2,1H3/t16-,17+/m0/s1. The summed E-state index contributed by atoms with van der Waals surface area (Å²) in [5.74, 6) is -0.493. The van der Waals surface area contributed by atoms with Gasteiger partial charge in [0, 0.05) is 30.5 Å². The molecule has 1 saturated heterocycles. The zero-order chi connectivity index (χ0) is 19.0. The summed E-state index contributed by atoms with van der Waals surface area (Å²) < 4.78 is 41.1. The number of ether oxygens (including phenoxy) is 2. The number of cyclic esters (lactones) is 1. The van der Waals surface area contributed by atoms with E-state index >= 15 is 0 Å². The molecule has 0 saturated carbocycles. The lowest BCUT2D eigenvalue weighted by Gasteiger charge is -2.31. The molecule has 0 spiro atoms. The number of hydrogen-bond acceptors (Lipinski definition) is 6. The molecule has 1 N–H and O–H groups in total. The molecule has 2 aliphatic rings. The van der Waals surface area contributed by atoms with Crippen LogP contribution in [0.1, 0.15) is 47.4 Å². The van der Waals surface area contributed by atoms with Gasteiger partial charge >= 0.3 is 5.97 Å². The number of carbonyl (C=O) groups excluding carboxylic acids is 1. The molecule has 4 rings (SSSR count). The van der Waals surface area contributed by atoms with Gasteiger partial charge in [-0.15, -0.1) is 0 Å². The molecule has 27 heavy (non-hydrogen) atoms. The first-order valence-electron chi connectivity index (χ1n) is 8.94. The summed E-state index contributed by atoms with van der Waals surface area (Å²) in [6, 6.07) is 4.09. The molecule has 3 heterocycles. The molecular weight excluding hydrogens is 370 g/mol. The van der Waals surface area contributed by atoms with Gasteiger partial charge in [0.15, 0.2) is 0 Å². The van der Waals surface area contributed by atoms with E-state index in [4.69, 9.17) is 9.47 Å². The molecule has 1 aromatic heterocycles. The Balaban J connectivity index is 1.59. The number of sulfonamides is 1. The lowest BCUT2D eigenvalue weighted by molar-refractivity contribution is -0.00447. The molecule has 0 unspecified atom stereocenters. The highest BCUT2D eigenvalue weighted by Crippen LogP contribution is 2.30. The van der Waals surface area contributed by atoms with Crippen LogP contribution < -0.4 is 4.72 Å². The minimum Gasteiger partial charge on any atom is -0.457 e. The Bertz CT molecular complexity index is 969. The Morgan fingerprint density at radius 1 is 1.37 bits per heavy atom. The molecule has 0 amide bonds. The molecule has 0 aliphatic carbocycles. The van der Waals surface area contributed by atoms with E-state index < -0.39 is 28.1 Å². The molecule has 1 aromatic carbocycles. The van der Waals surface area contributed by atoms with Crippen LogP contribution in [0.3, 0.4) is 0 Å². The van der Waals surface area contributed by atoms with E-state index in [1.54, 1.807) is 16.9 Å². The molecular formula is C18H21N3O5S. The number of carbonyl (C=O) groups is 1. The fraction of sp³-hybridized carbons (Fsp3) is 0.444. The van der Waals surface area contributed by atoms with Crippen molar-refractivity contribution in [3.8, 4) is 0 Å². The highest BCUT2D eigenvalue weighted by molar-refractivity contribution is 7.89. The number of aromatic nitrogens is 2. The molecule has 2 atom stereocenters. The minimum atomic E-state index is -3.81. The molecule has 2 aromatic rings. The highest BCUT2D eigenvalue weighted by Gasteiger charge is 2.33. The van der Waals surface area contributed by atoms with Crippen LogP contribution in [0.4, 0.5) is 0 Å². The Morgan fingerprint density at radius 3 is 3.00 bits per heavy atom. The third-order valence-electron chi connectivity index (χ3n) is 4.90. The van der Waals surface area contributed by atoms with E-state index in [9.17, 15) is 13.2 Å². The summed E-state index contributed by atoms with van der Waals surface area (Å²) in [4.78, 5) is 11.8. The van der Waals surface area contributed by atoms with Crippen molar-refractivity contribution in [2.75, 3.05) is 6.61 Å². The van der Waals surface area contributed by atoms with Crippen molar-refractivity contribution in [2.45, 2.75) is 50.0 Å². The van der Waals surface area contributed by atoms with Crippen LogP contribution in [-0.2, 0) is 32.6 Å². The number of esters is 1. The van der Waals surface area contributed by atoms with Gasteiger partial charge in [0.1, 0.15) is 12.7 Å². The molecule has 144 valence electrons. The number of nitrogens with one attached hydrogen (secondary N) is 1. The van der Waals surface area contributed by atoms with E-state index in [2.05, 4.69) is 9.82 Å². The number of hydrogen-bond donors (Lipinski definition) is 1. The number of rotatable bonds is 5. The number of fused-ring (bicyclic) bond motifs is 1. The van der Waals surface area contributed by atoms with Crippen molar-refractivity contribution in [3.63, 3.8) is 0 Å². The second kappa shape index (κ2) is 7.06. The van der Waals surface area contributed by atoms with Gasteiger partial charge in [-0.1, -0.05) is 6.07 Å². The van der Waals surface area contributed by atoms with E-state index in [-0.39, 0.29) is 11.5 Å². The van der Waals surface area contributed by atoms with Crippen LogP contribution in [0.15, 0.2) is 35.5 Å². The van der Waals surface area contributed by atoms with Gasteiger partial charge in [0.05, 0.1) is 22.7 Å². The molecule has 9 heteroatoms. The van der Waals surface area contributed by atoms with Crippen molar-refractivity contribution in [1.29, 1.82) is 0 Å². The summed E-state index contributed by atoms with van der Waals surface area (Å²) >= 11 is 0. The van der Waals surface area contributed by atoms with Crippen molar-refractivity contribution in [2.24, 2.45) is 0 Å². The van der Waals surface area contributed by atoms with Gasteiger partial charge in [0.2, 0.25) is 10.0 Å². The second-order valence-electron chi connectivity index (χ2n) is 6.69. The van der Waals surface area contributed by atoms with Gasteiger partial charge < -0.3 is 9.47 Å². The fourth-order valence-corrected chi connectivity index (χ4v) is 4.75. The van der Waals surface area contributed by atoms with Crippen LogP contribution in [0.2, 0.25) is 0 Å². The molecule has 8 nitrogen and oxygen atoms in total. The Morgan fingerprint density at radius 2 is 2.22 bits per heavy atom. The highest BCUT2D eigenvalue weighted by atomic mass is 32.2. The number of benzene rings is 1. The molecule has 1 fully saturated rings. The van der Waals surface area contributed by atoms with E-state index in [0.717, 1.165) is 18.5 Å². The third kappa shape index (κ3) is 3.50. The maximum atomic E-state index is 12.9. The minimum absolute atomic E-state index is 0.0497. The topological polar surface area (TPSA) is 99.5 Å².